The first-order valence-electron chi connectivity index (χ1n) is 9.04. The van der Waals surface area contributed by atoms with Crippen molar-refractivity contribution in [2.24, 2.45) is 0 Å². The molecular weight excluding hydrogens is 312 g/mol. The topological polar surface area (TPSA) is 9.23 Å². The van der Waals surface area contributed by atoms with Gasteiger partial charge in [-0.25, -0.2) is 0 Å². The number of ether oxygens (including phenoxy) is 1. The summed E-state index contributed by atoms with van der Waals surface area (Å²) in [6.45, 7) is 18.4. The minimum Gasteiger partial charge on any atom is -0.370 e. The van der Waals surface area contributed by atoms with Crippen LogP contribution in [0.15, 0.2) is 24.3 Å². The maximum Gasteiger partial charge on any atom is 0.129 e. The zero-order valence-corrected chi connectivity index (χ0v) is 18.2. The van der Waals surface area contributed by atoms with Gasteiger partial charge in [0.15, 0.2) is 0 Å². The summed E-state index contributed by atoms with van der Waals surface area (Å²) in [7, 11) is -2.26. The zero-order valence-electron chi connectivity index (χ0n) is 16.2. The van der Waals surface area contributed by atoms with Crippen molar-refractivity contribution in [1.29, 1.82) is 0 Å². The highest BCUT2D eigenvalue weighted by atomic mass is 28.3. The van der Waals surface area contributed by atoms with E-state index >= 15 is 0 Å². The van der Waals surface area contributed by atoms with E-state index in [4.69, 9.17) is 4.74 Å². The molecule has 23 heavy (non-hydrogen) atoms. The first kappa shape index (κ1) is 20.5. The molecule has 0 unspecified atom stereocenters. The number of allylic oxidation sites excluding steroid dienone is 1. The van der Waals surface area contributed by atoms with Crippen molar-refractivity contribution in [1.82, 2.24) is 0 Å². The highest BCUT2D eigenvalue weighted by Gasteiger charge is 2.18. The standard InChI is InChI=1S/C20H36OSi2/c1-18(17-23(5,6)7)11-8-12-19-13-9-14-20(21-19)15-10-16-22(2,3)4/h9,14,19-20H,1,8,11-13,15,17H2,2-7H3/t19-,20+/m1/s1. The van der Waals surface area contributed by atoms with Gasteiger partial charge in [0.1, 0.15) is 8.07 Å². The van der Waals surface area contributed by atoms with E-state index in [-0.39, 0.29) is 6.10 Å². The van der Waals surface area contributed by atoms with Gasteiger partial charge in [-0.3, -0.25) is 0 Å². The normalized spacial score (nSPS) is 21.7. The van der Waals surface area contributed by atoms with E-state index in [9.17, 15) is 0 Å². The molecule has 1 heterocycles. The molecule has 0 spiro atoms. The number of rotatable bonds is 7. The van der Waals surface area contributed by atoms with Crippen LogP contribution in [0.1, 0.15) is 32.1 Å². The molecule has 0 radical (unpaired) electrons. The number of hydrogen-bond acceptors (Lipinski definition) is 1. The first-order valence-corrected chi connectivity index (χ1v) is 16.2. The van der Waals surface area contributed by atoms with Crippen molar-refractivity contribution in [2.45, 2.75) is 89.6 Å². The number of hydrogen-bond donors (Lipinski definition) is 0. The van der Waals surface area contributed by atoms with E-state index < -0.39 is 16.1 Å². The van der Waals surface area contributed by atoms with Gasteiger partial charge in [0.25, 0.3) is 0 Å². The van der Waals surface area contributed by atoms with E-state index in [2.05, 4.69) is 69.5 Å². The molecule has 0 aromatic rings. The summed E-state index contributed by atoms with van der Waals surface area (Å²) in [6.07, 6.45) is 10.5. The minimum atomic E-state index is -1.26. The third-order valence-electron chi connectivity index (χ3n) is 3.72. The third kappa shape index (κ3) is 10.8. The molecule has 0 N–H and O–H groups in total. The molecule has 1 rings (SSSR count). The molecule has 0 saturated carbocycles. The Labute approximate surface area is 146 Å². The van der Waals surface area contributed by atoms with E-state index in [1.54, 1.807) is 0 Å². The average Bonchev–Trinajstić information content (AvgIpc) is 2.35. The Balaban J connectivity index is 2.30. The smallest absolute Gasteiger partial charge is 0.129 e. The van der Waals surface area contributed by atoms with Crippen molar-refractivity contribution in [3.05, 3.63) is 24.3 Å². The summed E-state index contributed by atoms with van der Waals surface area (Å²) in [5.41, 5.74) is 4.87. The second kappa shape index (κ2) is 9.06. The molecule has 3 heteroatoms. The molecule has 1 aliphatic rings. The lowest BCUT2D eigenvalue weighted by atomic mass is 10.0. The molecule has 0 saturated heterocycles. The van der Waals surface area contributed by atoms with Crippen LogP contribution in [0.4, 0.5) is 0 Å². The van der Waals surface area contributed by atoms with Crippen LogP contribution in [-0.2, 0) is 4.74 Å². The van der Waals surface area contributed by atoms with Crippen LogP contribution < -0.4 is 0 Å². The van der Waals surface area contributed by atoms with Crippen molar-refractivity contribution >= 4 is 16.1 Å². The fourth-order valence-corrected chi connectivity index (χ4v) is 5.18. The van der Waals surface area contributed by atoms with Gasteiger partial charge in [-0.1, -0.05) is 57.0 Å². The van der Waals surface area contributed by atoms with Crippen molar-refractivity contribution in [3.63, 3.8) is 0 Å². The molecule has 0 aliphatic carbocycles. The summed E-state index contributed by atoms with van der Waals surface area (Å²) in [5.74, 6) is 3.34. The summed E-state index contributed by atoms with van der Waals surface area (Å²) >= 11 is 0. The molecule has 0 bridgehead atoms. The fraction of sp³-hybridized carbons (Fsp3) is 0.700. The minimum absolute atomic E-state index is 0.197. The van der Waals surface area contributed by atoms with Gasteiger partial charge >= 0.3 is 0 Å². The van der Waals surface area contributed by atoms with Crippen molar-refractivity contribution in [2.75, 3.05) is 0 Å². The first-order chi connectivity index (χ1) is 10.6. The lowest BCUT2D eigenvalue weighted by molar-refractivity contribution is 0.00348. The summed E-state index contributed by atoms with van der Waals surface area (Å²) < 4.78 is 6.19. The van der Waals surface area contributed by atoms with Crippen LogP contribution in [0.3, 0.4) is 0 Å². The second-order valence-corrected chi connectivity index (χ2v) is 19.3. The third-order valence-corrected chi connectivity index (χ3v) is 6.21. The Morgan fingerprint density at radius 3 is 2.52 bits per heavy atom. The molecular formula is C20H36OSi2. The lowest BCUT2D eigenvalue weighted by Gasteiger charge is -2.25. The van der Waals surface area contributed by atoms with Gasteiger partial charge < -0.3 is 4.74 Å². The Morgan fingerprint density at radius 2 is 1.91 bits per heavy atom. The molecule has 0 amide bonds. The van der Waals surface area contributed by atoms with Gasteiger partial charge in [-0.15, -0.1) is 18.0 Å². The monoisotopic (exact) mass is 348 g/mol. The Morgan fingerprint density at radius 1 is 1.22 bits per heavy atom. The lowest BCUT2D eigenvalue weighted by Crippen LogP contribution is -2.24. The van der Waals surface area contributed by atoms with Crippen molar-refractivity contribution < 1.29 is 4.74 Å². The Hall–Kier alpha value is -0.566. The van der Waals surface area contributed by atoms with E-state index in [1.165, 1.54) is 18.0 Å². The van der Waals surface area contributed by atoms with Gasteiger partial charge in [0.05, 0.1) is 12.2 Å². The predicted octanol–water partition coefficient (Wildman–Crippen LogP) is 6.04. The molecule has 2 atom stereocenters. The van der Waals surface area contributed by atoms with Crippen LogP contribution in [0.2, 0.25) is 45.3 Å². The van der Waals surface area contributed by atoms with E-state index in [1.807, 2.05) is 0 Å². The van der Waals surface area contributed by atoms with Crippen LogP contribution in [0, 0.1) is 11.5 Å². The maximum absolute atomic E-state index is 6.19. The quantitative estimate of drug-likeness (QED) is 0.310. The molecule has 130 valence electrons. The van der Waals surface area contributed by atoms with Crippen LogP contribution >= 0.6 is 0 Å². The molecule has 0 fully saturated rings. The van der Waals surface area contributed by atoms with E-state index in [0.29, 0.717) is 6.10 Å². The summed E-state index contributed by atoms with van der Waals surface area (Å²) in [5, 5.41) is 0. The van der Waals surface area contributed by atoms with Gasteiger partial charge in [0.2, 0.25) is 0 Å². The van der Waals surface area contributed by atoms with Crippen LogP contribution in [-0.4, -0.2) is 28.4 Å². The predicted molar refractivity (Wildman–Crippen MR) is 109 cm³/mol. The largest absolute Gasteiger partial charge is 0.370 e. The van der Waals surface area contributed by atoms with Crippen molar-refractivity contribution in [3.8, 4) is 11.5 Å². The van der Waals surface area contributed by atoms with Crippen LogP contribution in [0.25, 0.3) is 0 Å². The maximum atomic E-state index is 6.19. The van der Waals surface area contributed by atoms with Gasteiger partial charge in [-0.05, 0) is 31.7 Å². The summed E-state index contributed by atoms with van der Waals surface area (Å²) in [6, 6.07) is 1.26. The summed E-state index contributed by atoms with van der Waals surface area (Å²) in [4.78, 5) is 0. The highest BCUT2D eigenvalue weighted by Crippen LogP contribution is 2.23. The average molecular weight is 349 g/mol. The molecule has 1 aliphatic heterocycles. The van der Waals surface area contributed by atoms with Gasteiger partial charge in [0, 0.05) is 14.5 Å². The Bertz CT molecular complexity index is 469. The van der Waals surface area contributed by atoms with Crippen LogP contribution in [0.5, 0.6) is 0 Å². The highest BCUT2D eigenvalue weighted by molar-refractivity contribution is 6.83. The Kier molecular flexibility index (Phi) is 8.06. The molecule has 1 nitrogen and oxygen atoms in total. The SMILES string of the molecule is C=C(CCC[C@@H]1CC=C[C@@H](CC#C[Si](C)(C)C)O1)C[Si](C)(C)C. The van der Waals surface area contributed by atoms with Gasteiger partial charge in [-0.2, -0.15) is 0 Å². The zero-order chi connectivity index (χ0) is 17.5. The fourth-order valence-electron chi connectivity index (χ4n) is 2.87. The molecule has 0 aromatic carbocycles. The van der Waals surface area contributed by atoms with E-state index in [0.717, 1.165) is 25.7 Å². The second-order valence-electron chi connectivity index (χ2n) is 9.10. The molecule has 0 aromatic heterocycles.